The molecule has 0 fully saturated rings. The summed E-state index contributed by atoms with van der Waals surface area (Å²) < 4.78 is 39.5. The zero-order valence-corrected chi connectivity index (χ0v) is 22.6. The number of methoxy groups -OCH3 is 1. The number of sulfonamides is 1. The van der Waals surface area contributed by atoms with Gasteiger partial charge in [-0.25, -0.2) is 13.4 Å². The summed E-state index contributed by atoms with van der Waals surface area (Å²) in [5.74, 6) is 0.306. The number of amides is 1. The first-order chi connectivity index (χ1) is 18.4. The number of aromatic nitrogens is 1. The number of hydrogen-bond acceptors (Lipinski definition) is 7. The third kappa shape index (κ3) is 7.64. The minimum atomic E-state index is -3.72. The molecule has 0 unspecified atom stereocenters. The molecule has 4 rings (SSSR count). The van der Waals surface area contributed by atoms with Crippen LogP contribution in [-0.2, 0) is 27.6 Å². The Labute approximate surface area is 226 Å². The number of thiazole rings is 1. The van der Waals surface area contributed by atoms with Gasteiger partial charge in [0.15, 0.2) is 5.13 Å². The number of benzene rings is 3. The van der Waals surface area contributed by atoms with Crippen molar-refractivity contribution in [2.24, 2.45) is 0 Å². The summed E-state index contributed by atoms with van der Waals surface area (Å²) in [6.07, 6.45) is 3.46. The van der Waals surface area contributed by atoms with Gasteiger partial charge in [-0.15, -0.1) is 11.3 Å². The van der Waals surface area contributed by atoms with Crippen molar-refractivity contribution >= 4 is 38.1 Å². The van der Waals surface area contributed by atoms with Gasteiger partial charge in [0.25, 0.3) is 15.9 Å². The number of carbonyl (C=O) groups is 1. The molecule has 1 aromatic heterocycles. The molecule has 10 heteroatoms. The molecule has 0 saturated carbocycles. The first kappa shape index (κ1) is 27.3. The smallest absolute Gasteiger partial charge is 0.261 e. The Kier molecular flexibility index (Phi) is 9.47. The van der Waals surface area contributed by atoms with Crippen molar-refractivity contribution in [3.05, 3.63) is 101 Å². The van der Waals surface area contributed by atoms with Crippen molar-refractivity contribution in [2.45, 2.75) is 24.2 Å². The van der Waals surface area contributed by atoms with Crippen LogP contribution in [0.3, 0.4) is 0 Å². The fourth-order valence-electron chi connectivity index (χ4n) is 3.79. The van der Waals surface area contributed by atoms with E-state index in [0.29, 0.717) is 48.2 Å². The third-order valence-electron chi connectivity index (χ3n) is 5.64. The quantitative estimate of drug-likeness (QED) is 0.216. The van der Waals surface area contributed by atoms with Gasteiger partial charge in [-0.05, 0) is 60.4 Å². The Morgan fingerprint density at radius 1 is 0.974 bits per heavy atom. The zero-order chi connectivity index (χ0) is 26.8. The van der Waals surface area contributed by atoms with E-state index in [1.54, 1.807) is 67.2 Å². The predicted octanol–water partition coefficient (Wildman–Crippen LogP) is 5.40. The van der Waals surface area contributed by atoms with E-state index in [4.69, 9.17) is 9.47 Å². The molecule has 2 N–H and O–H groups in total. The number of nitrogens with one attached hydrogen (secondary N) is 2. The molecule has 1 heterocycles. The van der Waals surface area contributed by atoms with Crippen LogP contribution in [0.25, 0.3) is 0 Å². The minimum absolute atomic E-state index is 0.198. The lowest BCUT2D eigenvalue weighted by Crippen LogP contribution is -2.14. The minimum Gasteiger partial charge on any atom is -0.493 e. The van der Waals surface area contributed by atoms with Crippen molar-refractivity contribution in [1.82, 2.24) is 4.98 Å². The molecule has 0 aliphatic rings. The molecule has 0 aliphatic heterocycles. The average Bonchev–Trinajstić information content (AvgIpc) is 3.44. The summed E-state index contributed by atoms with van der Waals surface area (Å²) in [5, 5.41) is 5.12. The van der Waals surface area contributed by atoms with E-state index in [1.807, 2.05) is 24.3 Å². The Morgan fingerprint density at radius 3 is 2.53 bits per heavy atom. The fraction of sp³-hybridized carbons (Fsp3) is 0.214. The van der Waals surface area contributed by atoms with Crippen molar-refractivity contribution < 1.29 is 22.7 Å². The van der Waals surface area contributed by atoms with Gasteiger partial charge >= 0.3 is 0 Å². The molecule has 8 nitrogen and oxygen atoms in total. The number of hydrogen-bond donors (Lipinski definition) is 2. The second-order valence-electron chi connectivity index (χ2n) is 8.43. The summed E-state index contributed by atoms with van der Waals surface area (Å²) in [4.78, 5) is 17.2. The number of anilines is 2. The Morgan fingerprint density at radius 2 is 1.76 bits per heavy atom. The maximum absolute atomic E-state index is 12.9. The number of para-hydroxylation sites is 1. The number of ether oxygens (including phenoxy) is 2. The van der Waals surface area contributed by atoms with E-state index in [9.17, 15) is 13.2 Å². The molecule has 0 atom stereocenters. The summed E-state index contributed by atoms with van der Waals surface area (Å²) in [7, 11) is -2.08. The lowest BCUT2D eigenvalue weighted by atomic mass is 10.0. The fourth-order valence-corrected chi connectivity index (χ4v) is 5.43. The summed E-state index contributed by atoms with van der Waals surface area (Å²) >= 11 is 1.34. The van der Waals surface area contributed by atoms with Crippen LogP contribution in [0.5, 0.6) is 5.75 Å². The van der Waals surface area contributed by atoms with Gasteiger partial charge in [-0.3, -0.25) is 14.8 Å². The average molecular weight is 552 g/mol. The van der Waals surface area contributed by atoms with Gasteiger partial charge in [0.1, 0.15) is 5.75 Å². The molecule has 3 aromatic carbocycles. The van der Waals surface area contributed by atoms with Gasteiger partial charge in [-0.1, -0.05) is 36.4 Å². The van der Waals surface area contributed by atoms with Crippen LogP contribution in [0.1, 0.15) is 27.9 Å². The second-order valence-corrected chi connectivity index (χ2v) is 11.0. The molecule has 0 spiro atoms. The third-order valence-corrected chi connectivity index (χ3v) is 7.71. The maximum atomic E-state index is 12.9. The van der Waals surface area contributed by atoms with Gasteiger partial charge < -0.3 is 9.47 Å². The summed E-state index contributed by atoms with van der Waals surface area (Å²) in [6.45, 7) is 1.03. The number of aryl methyl sites for hydroxylation is 2. The maximum Gasteiger partial charge on any atom is 0.261 e. The van der Waals surface area contributed by atoms with Crippen LogP contribution in [0.2, 0.25) is 0 Å². The van der Waals surface area contributed by atoms with Crippen molar-refractivity contribution in [1.29, 1.82) is 0 Å². The zero-order valence-electron chi connectivity index (χ0n) is 20.9. The van der Waals surface area contributed by atoms with Crippen LogP contribution in [-0.4, -0.2) is 39.6 Å². The highest BCUT2D eigenvalue weighted by atomic mass is 32.2. The molecule has 0 saturated heterocycles. The Balaban J connectivity index is 1.52. The Bertz CT molecular complexity index is 1440. The van der Waals surface area contributed by atoms with E-state index in [0.717, 1.165) is 17.5 Å². The molecular weight excluding hydrogens is 522 g/mol. The molecular formula is C28H29N3O5S2. The van der Waals surface area contributed by atoms with E-state index in [2.05, 4.69) is 15.0 Å². The predicted molar refractivity (Wildman–Crippen MR) is 150 cm³/mol. The van der Waals surface area contributed by atoms with Crippen LogP contribution in [0, 0.1) is 0 Å². The SMILES string of the molecule is COCCCOc1cc(CCc2ccccc2NS(=O)(=O)c2ccccc2)cc(C(=O)Nc2nccs2)c1. The van der Waals surface area contributed by atoms with Gasteiger partial charge in [0.2, 0.25) is 0 Å². The summed E-state index contributed by atoms with van der Waals surface area (Å²) in [6, 6.07) is 21.0. The molecule has 1 amide bonds. The largest absolute Gasteiger partial charge is 0.493 e. The molecule has 4 aromatic rings. The lowest BCUT2D eigenvalue weighted by molar-refractivity contribution is 0.102. The molecule has 0 aliphatic carbocycles. The highest BCUT2D eigenvalue weighted by Gasteiger charge is 2.16. The van der Waals surface area contributed by atoms with E-state index in [-0.39, 0.29) is 10.8 Å². The summed E-state index contributed by atoms with van der Waals surface area (Å²) in [5.41, 5.74) is 2.70. The standard InChI is InChI=1S/C28H29N3O5S2/c1-35-15-7-16-36-24-19-21(18-23(20-24)27(32)30-28-29-14-17-37-28)12-13-22-8-5-6-11-26(22)31-38(33,34)25-9-3-2-4-10-25/h2-6,8-11,14,17-20,31H,7,12-13,15-16H2,1H3,(H,29,30,32). The molecule has 0 radical (unpaired) electrons. The highest BCUT2D eigenvalue weighted by molar-refractivity contribution is 7.92. The van der Waals surface area contributed by atoms with Gasteiger partial charge in [-0.2, -0.15) is 0 Å². The number of nitrogens with zero attached hydrogens (tertiary/aromatic N) is 1. The molecule has 198 valence electrons. The highest BCUT2D eigenvalue weighted by Crippen LogP contribution is 2.24. The van der Waals surface area contributed by atoms with Crippen LogP contribution in [0.4, 0.5) is 10.8 Å². The van der Waals surface area contributed by atoms with Crippen molar-refractivity contribution in [3.8, 4) is 5.75 Å². The first-order valence-electron chi connectivity index (χ1n) is 12.1. The Hall–Kier alpha value is -3.73. The number of rotatable bonds is 13. The second kappa shape index (κ2) is 13.2. The van der Waals surface area contributed by atoms with Gasteiger partial charge in [0, 0.05) is 37.3 Å². The van der Waals surface area contributed by atoms with E-state index < -0.39 is 10.0 Å². The van der Waals surface area contributed by atoms with Crippen LogP contribution in [0.15, 0.2) is 89.3 Å². The first-order valence-corrected chi connectivity index (χ1v) is 14.4. The molecule has 0 bridgehead atoms. The van der Waals surface area contributed by atoms with Crippen molar-refractivity contribution in [2.75, 3.05) is 30.4 Å². The van der Waals surface area contributed by atoms with Crippen LogP contribution >= 0.6 is 11.3 Å². The normalized spacial score (nSPS) is 11.2. The molecule has 38 heavy (non-hydrogen) atoms. The van der Waals surface area contributed by atoms with Crippen molar-refractivity contribution in [3.63, 3.8) is 0 Å². The van der Waals surface area contributed by atoms with Gasteiger partial charge in [0.05, 0.1) is 17.2 Å². The van der Waals surface area contributed by atoms with Crippen LogP contribution < -0.4 is 14.8 Å². The topological polar surface area (TPSA) is 107 Å². The monoisotopic (exact) mass is 551 g/mol. The van der Waals surface area contributed by atoms with E-state index in [1.165, 1.54) is 11.3 Å². The van der Waals surface area contributed by atoms with E-state index >= 15 is 0 Å². The number of carbonyl (C=O) groups excluding carboxylic acids is 1. The lowest BCUT2D eigenvalue weighted by Gasteiger charge is -2.14.